The molecule has 6 nitrogen and oxygen atoms in total. The minimum atomic E-state index is -3.76. The molecule has 3 aromatic rings. The molecule has 1 amide bonds. The molecule has 0 spiro atoms. The van der Waals surface area contributed by atoms with Gasteiger partial charge >= 0.3 is 0 Å². The van der Waals surface area contributed by atoms with Crippen molar-refractivity contribution in [2.75, 3.05) is 36.4 Å². The Morgan fingerprint density at radius 2 is 1.52 bits per heavy atom. The number of sulfonamides is 1. The Hall–Kier alpha value is -2.87. The van der Waals surface area contributed by atoms with Crippen LogP contribution in [0.4, 0.5) is 11.4 Å². The summed E-state index contributed by atoms with van der Waals surface area (Å²) >= 11 is 6.28. The van der Waals surface area contributed by atoms with Crippen LogP contribution in [0, 0.1) is 13.8 Å². The maximum absolute atomic E-state index is 13.3. The lowest BCUT2D eigenvalue weighted by Crippen LogP contribution is -2.48. The van der Waals surface area contributed by atoms with E-state index < -0.39 is 15.9 Å². The molecule has 1 aliphatic rings. The second kappa shape index (κ2) is 9.55. The molecule has 1 aliphatic heterocycles. The molecule has 1 heterocycles. The van der Waals surface area contributed by atoms with Gasteiger partial charge in [-0.2, -0.15) is 4.31 Å². The lowest BCUT2D eigenvalue weighted by Gasteiger charge is -2.35. The number of rotatable bonds is 5. The highest BCUT2D eigenvalue weighted by atomic mass is 35.5. The summed E-state index contributed by atoms with van der Waals surface area (Å²) in [4.78, 5) is 15.2. The number of hydrogen-bond donors (Lipinski definition) is 1. The number of amides is 1. The number of hydrogen-bond acceptors (Lipinski definition) is 4. The third-order valence-corrected chi connectivity index (χ3v) is 8.12. The fourth-order valence-corrected chi connectivity index (χ4v) is 5.66. The van der Waals surface area contributed by atoms with Gasteiger partial charge in [0.25, 0.3) is 5.91 Å². The smallest absolute Gasteiger partial charge is 0.257 e. The van der Waals surface area contributed by atoms with Crippen molar-refractivity contribution in [3.8, 4) is 0 Å². The maximum Gasteiger partial charge on any atom is 0.257 e. The summed E-state index contributed by atoms with van der Waals surface area (Å²) in [5, 5.41) is 3.08. The van der Waals surface area contributed by atoms with Crippen LogP contribution in [-0.4, -0.2) is 44.8 Å². The number of benzene rings is 3. The van der Waals surface area contributed by atoms with Crippen molar-refractivity contribution in [3.63, 3.8) is 0 Å². The van der Waals surface area contributed by atoms with Crippen LogP contribution < -0.4 is 10.2 Å². The normalized spacial score (nSPS) is 14.8. The SMILES string of the molecule is Cc1cccc(C)c1NC(=O)c1cc(S(=O)(=O)N2CCN(c3ccccc3)CC2)ccc1Cl. The first-order valence-electron chi connectivity index (χ1n) is 10.7. The van der Waals surface area contributed by atoms with Gasteiger partial charge in [-0.1, -0.05) is 48.0 Å². The molecule has 0 saturated carbocycles. The van der Waals surface area contributed by atoms with Crippen molar-refractivity contribution in [2.45, 2.75) is 18.7 Å². The van der Waals surface area contributed by atoms with E-state index in [4.69, 9.17) is 11.6 Å². The molecule has 1 saturated heterocycles. The molecule has 0 radical (unpaired) electrons. The summed E-state index contributed by atoms with van der Waals surface area (Å²) in [6.07, 6.45) is 0. The van der Waals surface area contributed by atoms with Crippen LogP contribution in [0.3, 0.4) is 0 Å². The monoisotopic (exact) mass is 483 g/mol. The second-order valence-corrected chi connectivity index (χ2v) is 10.4. The lowest BCUT2D eigenvalue weighted by molar-refractivity contribution is 0.102. The van der Waals surface area contributed by atoms with Gasteiger partial charge in [-0.15, -0.1) is 0 Å². The zero-order valence-electron chi connectivity index (χ0n) is 18.6. The number of nitrogens with zero attached hydrogens (tertiary/aromatic N) is 2. The molecule has 0 aromatic heterocycles. The number of anilines is 2. The van der Waals surface area contributed by atoms with Crippen LogP contribution >= 0.6 is 11.6 Å². The van der Waals surface area contributed by atoms with E-state index in [1.54, 1.807) is 0 Å². The Bertz CT molecular complexity index is 1250. The lowest BCUT2D eigenvalue weighted by atomic mass is 10.1. The predicted octanol–water partition coefficient (Wildman–Crippen LogP) is 4.72. The van der Waals surface area contributed by atoms with E-state index in [9.17, 15) is 13.2 Å². The highest BCUT2D eigenvalue weighted by molar-refractivity contribution is 7.89. The van der Waals surface area contributed by atoms with Gasteiger partial charge in [0.1, 0.15) is 0 Å². The minimum absolute atomic E-state index is 0.0618. The van der Waals surface area contributed by atoms with Gasteiger partial charge in [0, 0.05) is 37.6 Å². The molecule has 1 fully saturated rings. The molecule has 172 valence electrons. The molecule has 33 heavy (non-hydrogen) atoms. The molecule has 0 atom stereocenters. The Kier molecular flexibility index (Phi) is 6.74. The highest BCUT2D eigenvalue weighted by Gasteiger charge is 2.29. The Morgan fingerprint density at radius 3 is 2.15 bits per heavy atom. The van der Waals surface area contributed by atoms with Crippen molar-refractivity contribution in [3.05, 3.63) is 88.4 Å². The van der Waals surface area contributed by atoms with E-state index in [1.807, 2.05) is 62.4 Å². The van der Waals surface area contributed by atoms with Gasteiger partial charge < -0.3 is 10.2 Å². The van der Waals surface area contributed by atoms with Crippen molar-refractivity contribution in [1.29, 1.82) is 0 Å². The fourth-order valence-electron chi connectivity index (χ4n) is 4.01. The number of piperazine rings is 1. The van der Waals surface area contributed by atoms with Crippen molar-refractivity contribution in [2.24, 2.45) is 0 Å². The number of carbonyl (C=O) groups excluding carboxylic acids is 1. The first-order valence-corrected chi connectivity index (χ1v) is 12.6. The molecule has 0 aliphatic carbocycles. The van der Waals surface area contributed by atoms with E-state index in [0.717, 1.165) is 16.8 Å². The fraction of sp³-hybridized carbons (Fsp3) is 0.240. The van der Waals surface area contributed by atoms with Crippen molar-refractivity contribution < 1.29 is 13.2 Å². The number of halogens is 1. The summed E-state index contributed by atoms with van der Waals surface area (Å²) in [5.74, 6) is -0.441. The summed E-state index contributed by atoms with van der Waals surface area (Å²) in [6, 6.07) is 19.9. The number of nitrogens with one attached hydrogen (secondary N) is 1. The Morgan fingerprint density at radius 1 is 0.879 bits per heavy atom. The van der Waals surface area contributed by atoms with Gasteiger partial charge in [-0.05, 0) is 55.3 Å². The topological polar surface area (TPSA) is 69.7 Å². The quantitative estimate of drug-likeness (QED) is 0.570. The Balaban J connectivity index is 1.53. The average molecular weight is 484 g/mol. The van der Waals surface area contributed by atoms with E-state index in [-0.39, 0.29) is 15.5 Å². The van der Waals surface area contributed by atoms with Gasteiger partial charge in [-0.3, -0.25) is 4.79 Å². The minimum Gasteiger partial charge on any atom is -0.369 e. The average Bonchev–Trinajstić information content (AvgIpc) is 2.82. The number of carbonyl (C=O) groups is 1. The first-order chi connectivity index (χ1) is 15.8. The van der Waals surface area contributed by atoms with Gasteiger partial charge in [0.15, 0.2) is 0 Å². The third kappa shape index (κ3) is 4.90. The van der Waals surface area contributed by atoms with E-state index in [0.29, 0.717) is 31.9 Å². The molecule has 4 rings (SSSR count). The standard InChI is InChI=1S/C25H26ClN3O3S/c1-18-7-6-8-19(2)24(18)27-25(30)22-17-21(11-12-23(22)26)33(31,32)29-15-13-28(14-16-29)20-9-4-3-5-10-20/h3-12,17H,13-16H2,1-2H3,(H,27,30). The van der Waals surface area contributed by atoms with Crippen LogP contribution in [0.1, 0.15) is 21.5 Å². The molecule has 3 aromatic carbocycles. The largest absolute Gasteiger partial charge is 0.369 e. The first kappa shape index (κ1) is 23.3. The summed E-state index contributed by atoms with van der Waals surface area (Å²) in [5.41, 5.74) is 3.73. The molecular formula is C25H26ClN3O3S. The maximum atomic E-state index is 13.3. The number of aryl methyl sites for hydroxylation is 2. The van der Waals surface area contributed by atoms with Gasteiger partial charge in [0.05, 0.1) is 15.5 Å². The van der Waals surface area contributed by atoms with Gasteiger partial charge in [0.2, 0.25) is 10.0 Å². The van der Waals surface area contributed by atoms with Crippen LogP contribution in [0.15, 0.2) is 71.6 Å². The van der Waals surface area contributed by atoms with Crippen molar-refractivity contribution >= 4 is 38.9 Å². The third-order valence-electron chi connectivity index (χ3n) is 5.90. The molecular weight excluding hydrogens is 458 g/mol. The molecule has 0 bridgehead atoms. The second-order valence-electron chi connectivity index (χ2n) is 8.09. The summed E-state index contributed by atoms with van der Waals surface area (Å²) in [6.45, 7) is 5.72. The van der Waals surface area contributed by atoms with Crippen molar-refractivity contribution in [1.82, 2.24) is 4.31 Å². The molecule has 8 heteroatoms. The van der Waals surface area contributed by atoms with Gasteiger partial charge in [-0.25, -0.2) is 8.42 Å². The van der Waals surface area contributed by atoms with Crippen LogP contribution in [0.25, 0.3) is 0 Å². The summed E-state index contributed by atoms with van der Waals surface area (Å²) in [7, 11) is -3.76. The zero-order valence-corrected chi connectivity index (χ0v) is 20.2. The Labute approximate surface area is 199 Å². The van der Waals surface area contributed by atoms with E-state index >= 15 is 0 Å². The summed E-state index contributed by atoms with van der Waals surface area (Å²) < 4.78 is 28.1. The van der Waals surface area contributed by atoms with Crippen LogP contribution in [0.5, 0.6) is 0 Å². The van der Waals surface area contributed by atoms with E-state index in [2.05, 4.69) is 10.2 Å². The molecule has 1 N–H and O–H groups in total. The zero-order chi connectivity index (χ0) is 23.6. The van der Waals surface area contributed by atoms with Crippen LogP contribution in [0.2, 0.25) is 5.02 Å². The predicted molar refractivity (Wildman–Crippen MR) is 133 cm³/mol. The van der Waals surface area contributed by atoms with E-state index in [1.165, 1.54) is 22.5 Å². The number of para-hydroxylation sites is 2. The highest BCUT2D eigenvalue weighted by Crippen LogP contribution is 2.27. The molecule has 0 unspecified atom stereocenters. The van der Waals surface area contributed by atoms with Crippen LogP contribution in [-0.2, 0) is 10.0 Å².